The molecule has 0 bridgehead atoms. The quantitative estimate of drug-likeness (QED) is 0.238. The molecule has 1 aliphatic rings. The summed E-state index contributed by atoms with van der Waals surface area (Å²) >= 11 is 12.0. The molecule has 0 saturated carbocycles. The number of nitrogens with zero attached hydrogens (tertiary/aromatic N) is 2. The number of aliphatic imine (C=N–C) groups is 1. The third kappa shape index (κ3) is 8.21. The summed E-state index contributed by atoms with van der Waals surface area (Å²) in [4.78, 5) is 18.1. The molecule has 1 fully saturated rings. The van der Waals surface area contributed by atoms with Gasteiger partial charge in [-0.2, -0.15) is 0 Å². The van der Waals surface area contributed by atoms with Crippen molar-refractivity contribution in [1.29, 1.82) is 0 Å². The van der Waals surface area contributed by atoms with E-state index in [2.05, 4.69) is 20.5 Å². The second kappa shape index (κ2) is 13.3. The molecular weight excluding hydrogens is 514 g/mol. The summed E-state index contributed by atoms with van der Waals surface area (Å²) in [7, 11) is 3.48. The smallest absolute Gasteiger partial charge is 0.220 e. The van der Waals surface area contributed by atoms with Gasteiger partial charge in [0.1, 0.15) is 5.75 Å². The number of nitrogens with one attached hydrogen (secondary N) is 2. The molecule has 9 heteroatoms. The molecule has 1 heterocycles. The van der Waals surface area contributed by atoms with Crippen molar-refractivity contribution in [2.45, 2.75) is 25.7 Å². The van der Waals surface area contributed by atoms with Gasteiger partial charge in [-0.3, -0.25) is 9.79 Å². The lowest BCUT2D eigenvalue weighted by molar-refractivity contribution is -0.121. The summed E-state index contributed by atoms with van der Waals surface area (Å²) in [6, 6.07) is 5.21. The van der Waals surface area contributed by atoms with Crippen LogP contribution in [0.5, 0.6) is 5.75 Å². The number of rotatable bonds is 7. The molecule has 1 aromatic carbocycles. The minimum atomic E-state index is 0. The fourth-order valence-electron chi connectivity index (χ4n) is 3.09. The van der Waals surface area contributed by atoms with Crippen molar-refractivity contribution in [3.05, 3.63) is 28.2 Å². The van der Waals surface area contributed by atoms with Crippen molar-refractivity contribution < 1.29 is 9.53 Å². The zero-order valence-electron chi connectivity index (χ0n) is 16.3. The van der Waals surface area contributed by atoms with Crippen LogP contribution in [0.15, 0.2) is 23.2 Å². The van der Waals surface area contributed by atoms with Gasteiger partial charge in [0.15, 0.2) is 5.96 Å². The van der Waals surface area contributed by atoms with E-state index in [0.29, 0.717) is 34.7 Å². The average Bonchev–Trinajstić information content (AvgIpc) is 2.67. The molecule has 1 saturated heterocycles. The van der Waals surface area contributed by atoms with Gasteiger partial charge >= 0.3 is 0 Å². The third-order valence-corrected chi connectivity index (χ3v) is 5.16. The van der Waals surface area contributed by atoms with Crippen LogP contribution in [0, 0.1) is 5.92 Å². The highest BCUT2D eigenvalue weighted by molar-refractivity contribution is 14.0. The molecule has 1 aliphatic heterocycles. The van der Waals surface area contributed by atoms with Crippen LogP contribution >= 0.6 is 47.2 Å². The normalized spacial score (nSPS) is 15.0. The minimum Gasteiger partial charge on any atom is -0.492 e. The van der Waals surface area contributed by atoms with E-state index in [0.717, 1.165) is 44.9 Å². The van der Waals surface area contributed by atoms with Crippen LogP contribution in [0.2, 0.25) is 10.0 Å². The number of ether oxygens (including phenoxy) is 1. The van der Waals surface area contributed by atoms with Crippen LogP contribution < -0.4 is 15.4 Å². The van der Waals surface area contributed by atoms with Crippen LogP contribution in [-0.2, 0) is 4.79 Å². The van der Waals surface area contributed by atoms with E-state index < -0.39 is 0 Å². The van der Waals surface area contributed by atoms with Gasteiger partial charge in [-0.25, -0.2) is 0 Å². The number of piperidine rings is 1. The summed E-state index contributed by atoms with van der Waals surface area (Å²) in [5.74, 6) is 2.12. The Morgan fingerprint density at radius 2 is 2.04 bits per heavy atom. The van der Waals surface area contributed by atoms with E-state index in [1.807, 2.05) is 0 Å². The average molecular weight is 543 g/mol. The highest BCUT2D eigenvalue weighted by atomic mass is 127. The monoisotopic (exact) mass is 542 g/mol. The second-order valence-corrected chi connectivity index (χ2v) is 7.40. The van der Waals surface area contributed by atoms with Gasteiger partial charge < -0.3 is 20.3 Å². The van der Waals surface area contributed by atoms with Crippen molar-refractivity contribution in [3.63, 3.8) is 0 Å². The molecule has 0 atom stereocenters. The van der Waals surface area contributed by atoms with Crippen LogP contribution in [0.1, 0.15) is 25.7 Å². The van der Waals surface area contributed by atoms with Gasteiger partial charge in [-0.1, -0.05) is 23.2 Å². The molecule has 1 aromatic rings. The molecule has 0 aromatic heterocycles. The Morgan fingerprint density at radius 1 is 1.32 bits per heavy atom. The van der Waals surface area contributed by atoms with Gasteiger partial charge in [-0.05, 0) is 43.4 Å². The molecule has 28 heavy (non-hydrogen) atoms. The van der Waals surface area contributed by atoms with E-state index in [1.165, 1.54) is 0 Å². The lowest BCUT2D eigenvalue weighted by Gasteiger charge is -2.34. The summed E-state index contributed by atoms with van der Waals surface area (Å²) in [5.41, 5.74) is 0. The van der Waals surface area contributed by atoms with Crippen molar-refractivity contribution in [2.24, 2.45) is 10.9 Å². The lowest BCUT2D eigenvalue weighted by atomic mass is 9.93. The summed E-state index contributed by atoms with van der Waals surface area (Å²) in [6.07, 6.45) is 3.45. The maximum absolute atomic E-state index is 11.5. The highest BCUT2D eigenvalue weighted by Gasteiger charge is 2.22. The summed E-state index contributed by atoms with van der Waals surface area (Å²) in [6.45, 7) is 3.14. The Kier molecular flexibility index (Phi) is 11.9. The van der Waals surface area contributed by atoms with Crippen LogP contribution in [-0.4, -0.2) is 57.1 Å². The van der Waals surface area contributed by atoms with Crippen LogP contribution in [0.3, 0.4) is 0 Å². The molecule has 158 valence electrons. The molecular formula is C19H29Cl2IN4O2. The zero-order valence-corrected chi connectivity index (χ0v) is 20.2. The number of halogens is 3. The zero-order chi connectivity index (χ0) is 19.6. The number of guanidine groups is 1. The maximum atomic E-state index is 11.5. The number of carbonyl (C=O) groups excluding carboxylic acids is 1. The van der Waals surface area contributed by atoms with E-state index in [9.17, 15) is 4.79 Å². The predicted octanol–water partition coefficient (Wildman–Crippen LogP) is 3.80. The first kappa shape index (κ1) is 25.1. The van der Waals surface area contributed by atoms with Gasteiger partial charge in [0.25, 0.3) is 0 Å². The van der Waals surface area contributed by atoms with Crippen molar-refractivity contribution in [3.8, 4) is 5.75 Å². The Labute approximate surface area is 194 Å². The van der Waals surface area contributed by atoms with Crippen molar-refractivity contribution >= 4 is 59.0 Å². The van der Waals surface area contributed by atoms with Crippen molar-refractivity contribution in [1.82, 2.24) is 15.5 Å². The summed E-state index contributed by atoms with van der Waals surface area (Å²) < 4.78 is 5.69. The largest absolute Gasteiger partial charge is 0.492 e. The molecule has 0 aliphatic carbocycles. The Morgan fingerprint density at radius 3 is 2.64 bits per heavy atom. The van der Waals surface area contributed by atoms with Crippen LogP contribution in [0.4, 0.5) is 0 Å². The number of hydrogen-bond acceptors (Lipinski definition) is 3. The first-order chi connectivity index (χ1) is 13.0. The molecule has 2 N–H and O–H groups in total. The Hall–Kier alpha value is -0.930. The van der Waals surface area contributed by atoms with Crippen LogP contribution in [0.25, 0.3) is 0 Å². The molecule has 0 unspecified atom stereocenters. The highest BCUT2D eigenvalue weighted by Crippen LogP contribution is 2.27. The topological polar surface area (TPSA) is 66.0 Å². The summed E-state index contributed by atoms with van der Waals surface area (Å²) in [5, 5.41) is 7.19. The molecule has 0 spiro atoms. The number of hydrogen-bond donors (Lipinski definition) is 2. The molecule has 2 rings (SSSR count). The van der Waals surface area contributed by atoms with Crippen molar-refractivity contribution in [2.75, 3.05) is 40.3 Å². The number of amides is 1. The Balaban J connectivity index is 0.00000392. The number of benzene rings is 1. The number of carbonyl (C=O) groups is 1. The fraction of sp³-hybridized carbons (Fsp3) is 0.579. The molecule has 1 amide bonds. The van der Waals surface area contributed by atoms with Gasteiger partial charge in [0.05, 0.1) is 11.6 Å². The van der Waals surface area contributed by atoms with Gasteiger partial charge in [0.2, 0.25) is 5.91 Å². The minimum absolute atomic E-state index is 0. The van der Waals surface area contributed by atoms with E-state index in [1.54, 1.807) is 32.3 Å². The SMILES string of the molecule is CN=C(NCCCOc1ccc(Cl)cc1Cl)N1CCC(CC(=O)NC)CC1.I. The standard InChI is InChI=1S/C19H28Cl2N4O2.HI/c1-22-18(26)12-14-6-9-25(10-7-14)19(23-2)24-8-3-11-27-17-5-4-15(20)13-16(17)21;/h4-5,13-14H,3,6-12H2,1-2H3,(H,22,26)(H,23,24);1H. The molecule has 0 radical (unpaired) electrons. The first-order valence-electron chi connectivity index (χ1n) is 9.27. The third-order valence-electron chi connectivity index (χ3n) is 4.63. The number of likely N-dealkylation sites (tertiary alicyclic amines) is 1. The first-order valence-corrected chi connectivity index (χ1v) is 10.0. The van der Waals surface area contributed by atoms with E-state index in [-0.39, 0.29) is 29.9 Å². The lowest BCUT2D eigenvalue weighted by Crippen LogP contribution is -2.46. The fourth-order valence-corrected chi connectivity index (χ4v) is 3.56. The second-order valence-electron chi connectivity index (χ2n) is 6.56. The predicted molar refractivity (Wildman–Crippen MR) is 126 cm³/mol. The van der Waals surface area contributed by atoms with Gasteiger partial charge in [-0.15, -0.1) is 24.0 Å². The Bertz CT molecular complexity index is 653. The molecule has 6 nitrogen and oxygen atoms in total. The van der Waals surface area contributed by atoms with E-state index in [4.69, 9.17) is 27.9 Å². The van der Waals surface area contributed by atoms with E-state index >= 15 is 0 Å². The van der Waals surface area contributed by atoms with Gasteiger partial charge in [0, 0.05) is 45.2 Å². The maximum Gasteiger partial charge on any atom is 0.220 e.